The molecule has 150 valence electrons. The van der Waals surface area contributed by atoms with E-state index in [0.717, 1.165) is 43.5 Å². The number of nitrogens with zero attached hydrogens (tertiary/aromatic N) is 1. The summed E-state index contributed by atoms with van der Waals surface area (Å²) in [5, 5.41) is 0. The molecule has 0 bridgehead atoms. The van der Waals surface area contributed by atoms with Crippen LogP contribution in [0.5, 0.6) is 11.5 Å². The molecule has 0 aliphatic carbocycles. The second-order valence-electron chi connectivity index (χ2n) is 7.54. The maximum atomic E-state index is 11.2. The van der Waals surface area contributed by atoms with Crippen LogP contribution in [0.1, 0.15) is 40.7 Å². The monoisotopic (exact) mass is 382 g/mol. The van der Waals surface area contributed by atoms with E-state index in [4.69, 9.17) is 15.2 Å². The highest BCUT2D eigenvalue weighted by Crippen LogP contribution is 2.27. The molecule has 1 saturated heterocycles. The van der Waals surface area contributed by atoms with Gasteiger partial charge in [0.15, 0.2) is 0 Å². The van der Waals surface area contributed by atoms with E-state index in [1.807, 2.05) is 30.3 Å². The zero-order valence-corrected chi connectivity index (χ0v) is 16.8. The molecule has 28 heavy (non-hydrogen) atoms. The van der Waals surface area contributed by atoms with E-state index in [1.54, 1.807) is 14.2 Å². The lowest BCUT2D eigenvalue weighted by molar-refractivity contribution is 0.1000. The number of benzene rings is 2. The van der Waals surface area contributed by atoms with Gasteiger partial charge in [-0.2, -0.15) is 0 Å². The Balaban J connectivity index is 1.46. The van der Waals surface area contributed by atoms with Crippen molar-refractivity contribution in [2.45, 2.75) is 32.2 Å². The summed E-state index contributed by atoms with van der Waals surface area (Å²) in [6.07, 6.45) is 4.69. The Labute approximate surface area is 167 Å². The van der Waals surface area contributed by atoms with Crippen LogP contribution in [0, 0.1) is 5.92 Å². The standard InChI is InChI=1S/C23H30N2O3/c1-27-21-13-19(14-22(15-21)28-2)4-3-17-9-11-25(12-10-17)16-18-5-7-20(8-6-18)23(24)26/h5-8,13-15,17H,3-4,9-12,16H2,1-2H3,(H2,24,26). The summed E-state index contributed by atoms with van der Waals surface area (Å²) in [5.41, 5.74) is 8.37. The lowest BCUT2D eigenvalue weighted by Gasteiger charge is -2.32. The van der Waals surface area contributed by atoms with Crippen LogP contribution in [0.15, 0.2) is 42.5 Å². The third kappa shape index (κ3) is 5.49. The van der Waals surface area contributed by atoms with Crippen molar-refractivity contribution in [2.24, 2.45) is 11.7 Å². The minimum atomic E-state index is -0.374. The van der Waals surface area contributed by atoms with Crippen LogP contribution in [0.3, 0.4) is 0 Å². The number of aryl methyl sites for hydroxylation is 1. The molecular formula is C23H30N2O3. The maximum absolute atomic E-state index is 11.2. The molecule has 0 radical (unpaired) electrons. The molecule has 1 heterocycles. The highest BCUT2D eigenvalue weighted by Gasteiger charge is 2.19. The molecule has 0 atom stereocenters. The molecule has 0 saturated carbocycles. The Kier molecular flexibility index (Phi) is 6.93. The number of piperidine rings is 1. The predicted octanol–water partition coefficient (Wildman–Crippen LogP) is 3.65. The van der Waals surface area contributed by atoms with E-state index in [2.05, 4.69) is 17.0 Å². The molecule has 5 heteroatoms. The van der Waals surface area contributed by atoms with Crippen molar-refractivity contribution >= 4 is 5.91 Å². The van der Waals surface area contributed by atoms with Crippen LogP contribution in [-0.2, 0) is 13.0 Å². The number of carbonyl (C=O) groups is 1. The molecule has 5 nitrogen and oxygen atoms in total. The summed E-state index contributed by atoms with van der Waals surface area (Å²) in [6.45, 7) is 3.16. The van der Waals surface area contributed by atoms with Crippen molar-refractivity contribution in [3.05, 3.63) is 59.2 Å². The Morgan fingerprint density at radius 2 is 1.61 bits per heavy atom. The SMILES string of the molecule is COc1cc(CCC2CCN(Cc3ccc(C(N)=O)cc3)CC2)cc(OC)c1. The first-order chi connectivity index (χ1) is 13.6. The van der Waals surface area contributed by atoms with Crippen LogP contribution in [0.2, 0.25) is 0 Å². The number of methoxy groups -OCH3 is 2. The Morgan fingerprint density at radius 1 is 1.00 bits per heavy atom. The third-order valence-corrected chi connectivity index (χ3v) is 5.60. The molecule has 1 fully saturated rings. The molecule has 0 unspecified atom stereocenters. The van der Waals surface area contributed by atoms with Gasteiger partial charge in [-0.3, -0.25) is 9.69 Å². The smallest absolute Gasteiger partial charge is 0.248 e. The molecule has 2 N–H and O–H groups in total. The Hall–Kier alpha value is -2.53. The number of nitrogens with two attached hydrogens (primary N) is 1. The van der Waals surface area contributed by atoms with Gasteiger partial charge in [0.2, 0.25) is 5.91 Å². The van der Waals surface area contributed by atoms with E-state index in [1.165, 1.54) is 30.4 Å². The highest BCUT2D eigenvalue weighted by atomic mass is 16.5. The zero-order chi connectivity index (χ0) is 19.9. The fourth-order valence-corrected chi connectivity index (χ4v) is 3.85. The molecular weight excluding hydrogens is 352 g/mol. The largest absolute Gasteiger partial charge is 0.497 e. The molecule has 1 aliphatic heterocycles. The average molecular weight is 383 g/mol. The first-order valence-corrected chi connectivity index (χ1v) is 9.90. The van der Waals surface area contributed by atoms with E-state index >= 15 is 0 Å². The first-order valence-electron chi connectivity index (χ1n) is 9.90. The summed E-state index contributed by atoms with van der Waals surface area (Å²) in [6, 6.07) is 13.8. The van der Waals surface area contributed by atoms with Crippen molar-refractivity contribution in [1.82, 2.24) is 4.90 Å². The highest BCUT2D eigenvalue weighted by molar-refractivity contribution is 5.92. The molecule has 2 aromatic rings. The first kappa shape index (κ1) is 20.2. The van der Waals surface area contributed by atoms with Gasteiger partial charge in [0.1, 0.15) is 11.5 Å². The number of hydrogen-bond acceptors (Lipinski definition) is 4. The van der Waals surface area contributed by atoms with Gasteiger partial charge in [0.05, 0.1) is 14.2 Å². The van der Waals surface area contributed by atoms with Crippen molar-refractivity contribution in [3.63, 3.8) is 0 Å². The summed E-state index contributed by atoms with van der Waals surface area (Å²) < 4.78 is 10.7. The van der Waals surface area contributed by atoms with Crippen LogP contribution in [-0.4, -0.2) is 38.1 Å². The summed E-state index contributed by atoms with van der Waals surface area (Å²) in [5.74, 6) is 2.09. The topological polar surface area (TPSA) is 64.8 Å². The van der Waals surface area contributed by atoms with Gasteiger partial charge in [0, 0.05) is 18.2 Å². The van der Waals surface area contributed by atoms with Gasteiger partial charge in [-0.1, -0.05) is 12.1 Å². The Morgan fingerprint density at radius 3 is 2.14 bits per heavy atom. The Bertz CT molecular complexity index is 759. The number of carbonyl (C=O) groups excluding carboxylic acids is 1. The summed E-state index contributed by atoms with van der Waals surface area (Å²) in [4.78, 5) is 13.7. The number of likely N-dealkylation sites (tertiary alicyclic amines) is 1. The van der Waals surface area contributed by atoms with Gasteiger partial charge in [-0.15, -0.1) is 0 Å². The van der Waals surface area contributed by atoms with Crippen molar-refractivity contribution in [3.8, 4) is 11.5 Å². The molecule has 3 rings (SSSR count). The van der Waals surface area contributed by atoms with Gasteiger partial charge >= 0.3 is 0 Å². The second kappa shape index (κ2) is 9.60. The van der Waals surface area contributed by atoms with Crippen LogP contribution < -0.4 is 15.2 Å². The lowest BCUT2D eigenvalue weighted by atomic mass is 9.90. The maximum Gasteiger partial charge on any atom is 0.248 e. The molecule has 1 amide bonds. The van der Waals surface area contributed by atoms with E-state index in [0.29, 0.717) is 5.56 Å². The van der Waals surface area contributed by atoms with Gasteiger partial charge in [0.25, 0.3) is 0 Å². The lowest BCUT2D eigenvalue weighted by Crippen LogP contribution is -2.33. The van der Waals surface area contributed by atoms with Crippen LogP contribution in [0.25, 0.3) is 0 Å². The van der Waals surface area contributed by atoms with E-state index in [9.17, 15) is 4.79 Å². The molecule has 0 aromatic heterocycles. The number of rotatable bonds is 8. The molecule has 0 spiro atoms. The number of ether oxygens (including phenoxy) is 2. The average Bonchev–Trinajstić information content (AvgIpc) is 2.73. The van der Waals surface area contributed by atoms with Crippen molar-refractivity contribution in [2.75, 3.05) is 27.3 Å². The molecule has 1 aliphatic rings. The fourth-order valence-electron chi connectivity index (χ4n) is 3.85. The number of amides is 1. The fraction of sp³-hybridized carbons (Fsp3) is 0.435. The van der Waals surface area contributed by atoms with Crippen LogP contribution in [0.4, 0.5) is 0 Å². The predicted molar refractivity (Wildman–Crippen MR) is 111 cm³/mol. The minimum absolute atomic E-state index is 0.374. The molecule has 2 aromatic carbocycles. The zero-order valence-electron chi connectivity index (χ0n) is 16.8. The summed E-state index contributed by atoms with van der Waals surface area (Å²) >= 11 is 0. The van der Waals surface area contributed by atoms with Crippen molar-refractivity contribution in [1.29, 1.82) is 0 Å². The summed E-state index contributed by atoms with van der Waals surface area (Å²) in [7, 11) is 3.38. The normalized spacial score (nSPS) is 15.4. The minimum Gasteiger partial charge on any atom is -0.497 e. The van der Waals surface area contributed by atoms with Gasteiger partial charge in [-0.05, 0) is 80.1 Å². The van der Waals surface area contributed by atoms with Gasteiger partial charge < -0.3 is 15.2 Å². The number of primary amides is 1. The van der Waals surface area contributed by atoms with Gasteiger partial charge in [-0.25, -0.2) is 0 Å². The van der Waals surface area contributed by atoms with E-state index < -0.39 is 0 Å². The van der Waals surface area contributed by atoms with Crippen molar-refractivity contribution < 1.29 is 14.3 Å². The number of hydrogen-bond donors (Lipinski definition) is 1. The van der Waals surface area contributed by atoms with Crippen LogP contribution >= 0.6 is 0 Å². The van der Waals surface area contributed by atoms with E-state index in [-0.39, 0.29) is 5.91 Å². The second-order valence-corrected chi connectivity index (χ2v) is 7.54. The third-order valence-electron chi connectivity index (χ3n) is 5.60. The quantitative estimate of drug-likeness (QED) is 0.757.